The van der Waals surface area contributed by atoms with E-state index in [9.17, 15) is 5.11 Å². The van der Waals surface area contributed by atoms with Gasteiger partial charge in [-0.3, -0.25) is 0 Å². The number of aliphatic hydroxyl groups excluding tert-OH is 2. The molecule has 0 spiro atoms. The molecule has 1 aliphatic carbocycles. The van der Waals surface area contributed by atoms with Crippen LogP contribution in [-0.4, -0.2) is 23.4 Å². The number of aliphatic hydroxyl groups is 2. The summed E-state index contributed by atoms with van der Waals surface area (Å²) < 4.78 is 0. The molecule has 0 heterocycles. The van der Waals surface area contributed by atoms with Gasteiger partial charge in [-0.1, -0.05) is 20.3 Å². The zero-order valence-electron chi connectivity index (χ0n) is 8.14. The first-order valence-electron chi connectivity index (χ1n) is 4.80. The van der Waals surface area contributed by atoms with Crippen molar-refractivity contribution in [2.24, 2.45) is 10.8 Å². The molecule has 0 radical (unpaired) electrons. The lowest BCUT2D eigenvalue weighted by Gasteiger charge is -2.39. The van der Waals surface area contributed by atoms with Crippen LogP contribution in [0.15, 0.2) is 0 Å². The maximum absolute atomic E-state index is 9.31. The minimum atomic E-state index is 0.0374. The van der Waals surface area contributed by atoms with Crippen molar-refractivity contribution >= 4 is 0 Å². The molecule has 1 aliphatic rings. The Morgan fingerprint density at radius 1 is 1.08 bits per heavy atom. The van der Waals surface area contributed by atoms with Gasteiger partial charge in [0.2, 0.25) is 0 Å². The van der Waals surface area contributed by atoms with Gasteiger partial charge in [0.15, 0.2) is 0 Å². The summed E-state index contributed by atoms with van der Waals surface area (Å²) in [7, 11) is 0. The normalized spacial score (nSPS) is 42.0. The Morgan fingerprint density at radius 2 is 1.67 bits per heavy atom. The van der Waals surface area contributed by atoms with Crippen LogP contribution in [0.5, 0.6) is 0 Å². The second kappa shape index (κ2) is 3.35. The Morgan fingerprint density at radius 3 is 2.17 bits per heavy atom. The van der Waals surface area contributed by atoms with Crippen molar-refractivity contribution in [1.82, 2.24) is 0 Å². The van der Waals surface area contributed by atoms with E-state index in [2.05, 4.69) is 13.8 Å². The second-order valence-electron chi connectivity index (χ2n) is 4.61. The standard InChI is InChI=1S/C10H20O2/c1-9(6-7-11)4-3-5-10(9,2)8-12/h11-12H,3-8H2,1-2H3. The highest BCUT2D eigenvalue weighted by Crippen LogP contribution is 2.54. The van der Waals surface area contributed by atoms with Gasteiger partial charge < -0.3 is 10.2 Å². The molecule has 1 fully saturated rings. The highest BCUT2D eigenvalue weighted by molar-refractivity contribution is 4.97. The molecule has 0 bridgehead atoms. The topological polar surface area (TPSA) is 40.5 Å². The lowest BCUT2D eigenvalue weighted by molar-refractivity contribution is 0.0185. The first-order chi connectivity index (χ1) is 5.58. The van der Waals surface area contributed by atoms with Crippen molar-refractivity contribution in [3.05, 3.63) is 0 Å². The van der Waals surface area contributed by atoms with Gasteiger partial charge in [0.1, 0.15) is 0 Å². The monoisotopic (exact) mass is 172 g/mol. The van der Waals surface area contributed by atoms with Crippen LogP contribution in [-0.2, 0) is 0 Å². The second-order valence-corrected chi connectivity index (χ2v) is 4.61. The average Bonchev–Trinajstić information content (AvgIpc) is 2.30. The zero-order valence-corrected chi connectivity index (χ0v) is 8.14. The van der Waals surface area contributed by atoms with Crippen LogP contribution in [0.1, 0.15) is 39.5 Å². The molecule has 0 aromatic rings. The van der Waals surface area contributed by atoms with E-state index in [-0.39, 0.29) is 24.0 Å². The van der Waals surface area contributed by atoms with E-state index in [1.165, 1.54) is 6.42 Å². The van der Waals surface area contributed by atoms with Crippen molar-refractivity contribution in [2.75, 3.05) is 13.2 Å². The van der Waals surface area contributed by atoms with Gasteiger partial charge in [-0.2, -0.15) is 0 Å². The molecule has 2 unspecified atom stereocenters. The van der Waals surface area contributed by atoms with Gasteiger partial charge in [-0.15, -0.1) is 0 Å². The predicted molar refractivity (Wildman–Crippen MR) is 48.9 cm³/mol. The van der Waals surface area contributed by atoms with E-state index in [0.29, 0.717) is 0 Å². The summed E-state index contributed by atoms with van der Waals surface area (Å²) in [6.45, 7) is 4.82. The third-order valence-electron chi connectivity index (χ3n) is 3.93. The van der Waals surface area contributed by atoms with Gasteiger partial charge in [0, 0.05) is 13.2 Å². The predicted octanol–water partition coefficient (Wildman–Crippen LogP) is 1.56. The van der Waals surface area contributed by atoms with Crippen molar-refractivity contribution in [1.29, 1.82) is 0 Å². The summed E-state index contributed by atoms with van der Waals surface area (Å²) in [4.78, 5) is 0. The molecule has 0 aliphatic heterocycles. The smallest absolute Gasteiger partial charge is 0.0490 e. The Bertz CT molecular complexity index is 158. The molecule has 1 saturated carbocycles. The maximum Gasteiger partial charge on any atom is 0.0490 e. The molecular weight excluding hydrogens is 152 g/mol. The quantitative estimate of drug-likeness (QED) is 0.678. The lowest BCUT2D eigenvalue weighted by atomic mass is 9.67. The van der Waals surface area contributed by atoms with Crippen LogP contribution in [0.2, 0.25) is 0 Å². The molecule has 0 aromatic carbocycles. The van der Waals surface area contributed by atoms with Crippen molar-refractivity contribution in [3.63, 3.8) is 0 Å². The van der Waals surface area contributed by atoms with E-state index >= 15 is 0 Å². The van der Waals surface area contributed by atoms with Gasteiger partial charge >= 0.3 is 0 Å². The fourth-order valence-corrected chi connectivity index (χ4v) is 2.42. The van der Waals surface area contributed by atoms with Crippen LogP contribution in [0.25, 0.3) is 0 Å². The summed E-state index contributed by atoms with van der Waals surface area (Å²) in [5.41, 5.74) is 0.187. The Kier molecular flexibility index (Phi) is 2.79. The molecule has 2 heteroatoms. The zero-order chi connectivity index (χ0) is 9.24. The average molecular weight is 172 g/mol. The van der Waals surface area contributed by atoms with Crippen LogP contribution in [0.4, 0.5) is 0 Å². The van der Waals surface area contributed by atoms with E-state index in [1.54, 1.807) is 0 Å². The molecule has 0 amide bonds. The number of hydrogen-bond donors (Lipinski definition) is 2. The van der Waals surface area contributed by atoms with Gasteiger partial charge in [-0.25, -0.2) is 0 Å². The first kappa shape index (κ1) is 10.0. The SMILES string of the molecule is CC1(CO)CCCC1(C)CCO. The van der Waals surface area contributed by atoms with E-state index in [1.807, 2.05) is 0 Å². The van der Waals surface area contributed by atoms with E-state index in [0.717, 1.165) is 19.3 Å². The van der Waals surface area contributed by atoms with Crippen LogP contribution in [0.3, 0.4) is 0 Å². The summed E-state index contributed by atoms with van der Waals surface area (Å²) in [5, 5.41) is 18.2. The van der Waals surface area contributed by atoms with Crippen LogP contribution in [0, 0.1) is 10.8 Å². The molecular formula is C10H20O2. The van der Waals surface area contributed by atoms with Crippen LogP contribution < -0.4 is 0 Å². The third-order valence-corrected chi connectivity index (χ3v) is 3.93. The largest absolute Gasteiger partial charge is 0.396 e. The molecule has 0 saturated heterocycles. The minimum Gasteiger partial charge on any atom is -0.396 e. The van der Waals surface area contributed by atoms with Gasteiger partial charge in [0.25, 0.3) is 0 Å². The minimum absolute atomic E-state index is 0.0374. The highest BCUT2D eigenvalue weighted by Gasteiger charge is 2.47. The molecule has 2 atom stereocenters. The van der Waals surface area contributed by atoms with E-state index in [4.69, 9.17) is 5.11 Å². The summed E-state index contributed by atoms with van der Waals surface area (Å²) in [5.74, 6) is 0. The Hall–Kier alpha value is -0.0800. The number of rotatable bonds is 3. The third kappa shape index (κ3) is 1.38. The molecule has 72 valence electrons. The summed E-state index contributed by atoms with van der Waals surface area (Å²) in [6, 6.07) is 0. The lowest BCUT2D eigenvalue weighted by Crippen LogP contribution is -2.36. The number of hydrogen-bond acceptors (Lipinski definition) is 2. The van der Waals surface area contributed by atoms with Crippen LogP contribution >= 0.6 is 0 Å². The first-order valence-corrected chi connectivity index (χ1v) is 4.80. The summed E-state index contributed by atoms with van der Waals surface area (Å²) >= 11 is 0. The Labute approximate surface area is 74.6 Å². The molecule has 0 aromatic heterocycles. The Balaban J connectivity index is 2.73. The fourth-order valence-electron chi connectivity index (χ4n) is 2.42. The van der Waals surface area contributed by atoms with Crippen molar-refractivity contribution < 1.29 is 10.2 Å². The van der Waals surface area contributed by atoms with E-state index < -0.39 is 0 Å². The molecule has 12 heavy (non-hydrogen) atoms. The summed E-state index contributed by atoms with van der Waals surface area (Å²) in [6.07, 6.45) is 4.25. The molecule has 2 nitrogen and oxygen atoms in total. The van der Waals surface area contributed by atoms with Crippen molar-refractivity contribution in [2.45, 2.75) is 39.5 Å². The molecule has 2 N–H and O–H groups in total. The molecule has 1 rings (SSSR count). The van der Waals surface area contributed by atoms with Crippen molar-refractivity contribution in [3.8, 4) is 0 Å². The fraction of sp³-hybridized carbons (Fsp3) is 1.00. The maximum atomic E-state index is 9.31. The highest BCUT2D eigenvalue weighted by atomic mass is 16.3. The van der Waals surface area contributed by atoms with Gasteiger partial charge in [-0.05, 0) is 30.1 Å². The van der Waals surface area contributed by atoms with Gasteiger partial charge in [0.05, 0.1) is 0 Å².